The molecule has 0 aliphatic carbocycles. The summed E-state index contributed by atoms with van der Waals surface area (Å²) in [5, 5.41) is 3.84. The summed E-state index contributed by atoms with van der Waals surface area (Å²) in [6, 6.07) is 0. The first-order chi connectivity index (χ1) is 9.89. The van der Waals surface area contributed by atoms with E-state index in [4.69, 9.17) is 5.73 Å². The zero-order valence-corrected chi connectivity index (χ0v) is 14.9. The number of carbonyl (C=O) groups is 1. The summed E-state index contributed by atoms with van der Waals surface area (Å²) in [5.74, 6) is -0.0887. The predicted octanol–water partition coefficient (Wildman–Crippen LogP) is 3.43. The van der Waals surface area contributed by atoms with E-state index in [1.165, 1.54) is 30.6 Å². The smallest absolute Gasteiger partial charge is 0.263 e. The SMILES string of the molecule is CNC(=O)c1sc(N2CCCC(C)(C)CC2)c(SC)c1N. The Bertz CT molecular complexity index is 525. The molecule has 2 rings (SSSR count). The van der Waals surface area contributed by atoms with E-state index in [0.717, 1.165) is 23.0 Å². The Kier molecular flexibility index (Phi) is 5.09. The van der Waals surface area contributed by atoms with Crippen LogP contribution in [0.2, 0.25) is 0 Å². The first kappa shape index (κ1) is 16.5. The van der Waals surface area contributed by atoms with Gasteiger partial charge in [0.2, 0.25) is 0 Å². The molecule has 0 atom stereocenters. The molecule has 0 unspecified atom stereocenters. The van der Waals surface area contributed by atoms with E-state index in [2.05, 4.69) is 24.1 Å². The van der Waals surface area contributed by atoms with Crippen molar-refractivity contribution in [3.63, 3.8) is 0 Å². The second-order valence-electron chi connectivity index (χ2n) is 6.27. The van der Waals surface area contributed by atoms with Crippen LogP contribution >= 0.6 is 23.1 Å². The molecule has 1 aromatic heterocycles. The lowest BCUT2D eigenvalue weighted by molar-refractivity contribution is 0.0968. The largest absolute Gasteiger partial charge is 0.396 e. The van der Waals surface area contributed by atoms with E-state index in [1.807, 2.05) is 6.26 Å². The van der Waals surface area contributed by atoms with Crippen LogP contribution in [-0.4, -0.2) is 32.3 Å². The molecule has 1 amide bonds. The maximum absolute atomic E-state index is 12.0. The summed E-state index contributed by atoms with van der Waals surface area (Å²) < 4.78 is 0. The number of anilines is 2. The lowest BCUT2D eigenvalue weighted by atomic mass is 9.85. The van der Waals surface area contributed by atoms with Crippen LogP contribution in [-0.2, 0) is 0 Å². The van der Waals surface area contributed by atoms with Gasteiger partial charge < -0.3 is 16.0 Å². The Labute approximate surface area is 135 Å². The summed E-state index contributed by atoms with van der Waals surface area (Å²) in [6.07, 6.45) is 5.64. The summed E-state index contributed by atoms with van der Waals surface area (Å²) >= 11 is 3.16. The minimum absolute atomic E-state index is 0.0887. The fourth-order valence-corrected chi connectivity index (χ4v) is 4.91. The van der Waals surface area contributed by atoms with Gasteiger partial charge in [0.25, 0.3) is 5.91 Å². The molecule has 0 radical (unpaired) electrons. The molecular formula is C15H25N3OS2. The van der Waals surface area contributed by atoms with Gasteiger partial charge in [0.15, 0.2) is 0 Å². The molecule has 118 valence electrons. The number of nitrogens with zero attached hydrogens (tertiary/aromatic N) is 1. The topological polar surface area (TPSA) is 58.4 Å². The highest BCUT2D eigenvalue weighted by molar-refractivity contribution is 7.99. The lowest BCUT2D eigenvalue weighted by Gasteiger charge is -2.24. The lowest BCUT2D eigenvalue weighted by Crippen LogP contribution is -2.24. The number of hydrogen-bond donors (Lipinski definition) is 2. The van der Waals surface area contributed by atoms with Gasteiger partial charge in [-0.25, -0.2) is 0 Å². The van der Waals surface area contributed by atoms with Gasteiger partial charge in [-0.1, -0.05) is 13.8 Å². The number of rotatable bonds is 3. The van der Waals surface area contributed by atoms with Crippen molar-refractivity contribution in [3.05, 3.63) is 4.88 Å². The summed E-state index contributed by atoms with van der Waals surface area (Å²) in [5.41, 5.74) is 7.23. The third-order valence-electron chi connectivity index (χ3n) is 4.15. The second kappa shape index (κ2) is 6.48. The normalized spacial score (nSPS) is 18.4. The Morgan fingerprint density at radius 3 is 2.71 bits per heavy atom. The van der Waals surface area contributed by atoms with Crippen molar-refractivity contribution in [1.29, 1.82) is 0 Å². The molecule has 1 aliphatic rings. The maximum atomic E-state index is 12.0. The first-order valence-corrected chi connectivity index (χ1v) is 9.37. The predicted molar refractivity (Wildman–Crippen MR) is 93.7 cm³/mol. The van der Waals surface area contributed by atoms with Crippen molar-refractivity contribution in [2.24, 2.45) is 5.41 Å². The minimum Gasteiger partial charge on any atom is -0.396 e. The highest BCUT2D eigenvalue weighted by Crippen LogP contribution is 2.45. The molecule has 0 spiro atoms. The van der Waals surface area contributed by atoms with Gasteiger partial charge in [-0.05, 0) is 30.9 Å². The molecule has 3 N–H and O–H groups in total. The zero-order valence-electron chi connectivity index (χ0n) is 13.3. The second-order valence-corrected chi connectivity index (χ2v) is 8.08. The number of nitrogens with one attached hydrogen (secondary N) is 1. The Morgan fingerprint density at radius 2 is 2.10 bits per heavy atom. The van der Waals surface area contributed by atoms with E-state index < -0.39 is 0 Å². The number of hydrogen-bond acceptors (Lipinski definition) is 5. The number of nitrogens with two attached hydrogens (primary N) is 1. The van der Waals surface area contributed by atoms with Crippen LogP contribution < -0.4 is 16.0 Å². The van der Waals surface area contributed by atoms with Crippen LogP contribution in [0.4, 0.5) is 10.7 Å². The van der Waals surface area contributed by atoms with Gasteiger partial charge >= 0.3 is 0 Å². The average molecular weight is 328 g/mol. The van der Waals surface area contributed by atoms with Crippen molar-refractivity contribution in [1.82, 2.24) is 5.32 Å². The fourth-order valence-electron chi connectivity index (χ4n) is 2.73. The monoisotopic (exact) mass is 327 g/mol. The number of thioether (sulfide) groups is 1. The van der Waals surface area contributed by atoms with Crippen molar-refractivity contribution < 1.29 is 4.79 Å². The summed E-state index contributed by atoms with van der Waals surface area (Å²) in [6.45, 7) is 6.76. The van der Waals surface area contributed by atoms with Crippen molar-refractivity contribution in [2.75, 3.05) is 37.0 Å². The van der Waals surface area contributed by atoms with Crippen LogP contribution in [0.3, 0.4) is 0 Å². The van der Waals surface area contributed by atoms with Crippen molar-refractivity contribution in [2.45, 2.75) is 38.0 Å². The number of amides is 1. The van der Waals surface area contributed by atoms with E-state index in [1.54, 1.807) is 18.8 Å². The molecule has 6 heteroatoms. The Morgan fingerprint density at radius 1 is 1.38 bits per heavy atom. The highest BCUT2D eigenvalue weighted by atomic mass is 32.2. The van der Waals surface area contributed by atoms with Crippen LogP contribution in [0.25, 0.3) is 0 Å². The van der Waals surface area contributed by atoms with Gasteiger partial charge in [-0.3, -0.25) is 4.79 Å². The molecule has 4 nitrogen and oxygen atoms in total. The molecule has 1 aliphatic heterocycles. The molecule has 1 saturated heterocycles. The Balaban J connectivity index is 2.32. The average Bonchev–Trinajstić information content (AvgIpc) is 2.66. The van der Waals surface area contributed by atoms with Gasteiger partial charge in [0.1, 0.15) is 9.88 Å². The molecule has 0 saturated carbocycles. The quantitative estimate of drug-likeness (QED) is 0.835. The molecule has 2 heterocycles. The maximum Gasteiger partial charge on any atom is 0.263 e. The van der Waals surface area contributed by atoms with E-state index >= 15 is 0 Å². The van der Waals surface area contributed by atoms with Gasteiger partial charge in [-0.15, -0.1) is 23.1 Å². The van der Waals surface area contributed by atoms with Crippen molar-refractivity contribution >= 4 is 39.7 Å². The molecule has 21 heavy (non-hydrogen) atoms. The zero-order chi connectivity index (χ0) is 15.6. The molecule has 1 aromatic rings. The van der Waals surface area contributed by atoms with Crippen LogP contribution in [0.15, 0.2) is 4.90 Å². The minimum atomic E-state index is -0.0887. The fraction of sp³-hybridized carbons (Fsp3) is 0.667. The van der Waals surface area contributed by atoms with E-state index in [9.17, 15) is 4.79 Å². The standard InChI is InChI=1S/C15H25N3OS2/c1-15(2)6-5-8-18(9-7-15)14-12(20-4)10(16)11(21-14)13(19)17-3/h5-9,16H2,1-4H3,(H,17,19). The first-order valence-electron chi connectivity index (χ1n) is 7.33. The van der Waals surface area contributed by atoms with Crippen LogP contribution in [0.1, 0.15) is 42.8 Å². The molecule has 0 bridgehead atoms. The highest BCUT2D eigenvalue weighted by Gasteiger charge is 2.27. The third kappa shape index (κ3) is 3.48. The van der Waals surface area contributed by atoms with Crippen LogP contribution in [0.5, 0.6) is 0 Å². The molecular weight excluding hydrogens is 302 g/mol. The molecule has 0 aromatic carbocycles. The van der Waals surface area contributed by atoms with Gasteiger partial charge in [-0.2, -0.15) is 0 Å². The van der Waals surface area contributed by atoms with Crippen molar-refractivity contribution in [3.8, 4) is 0 Å². The third-order valence-corrected chi connectivity index (χ3v) is 6.36. The Hall–Kier alpha value is -0.880. The summed E-state index contributed by atoms with van der Waals surface area (Å²) in [7, 11) is 1.65. The number of nitrogen functional groups attached to an aromatic ring is 1. The van der Waals surface area contributed by atoms with Gasteiger partial charge in [0, 0.05) is 20.1 Å². The van der Waals surface area contributed by atoms with E-state index in [0.29, 0.717) is 16.0 Å². The number of carbonyl (C=O) groups excluding carboxylic acids is 1. The van der Waals surface area contributed by atoms with E-state index in [-0.39, 0.29) is 5.91 Å². The molecule has 1 fully saturated rings. The van der Waals surface area contributed by atoms with Gasteiger partial charge in [0.05, 0.1) is 10.6 Å². The number of thiophene rings is 1. The summed E-state index contributed by atoms with van der Waals surface area (Å²) in [4.78, 5) is 16.1. The van der Waals surface area contributed by atoms with Crippen LogP contribution in [0, 0.1) is 5.41 Å².